The average Bonchev–Trinajstić information content (AvgIpc) is 1.59. The number of aromatic nitrogens is 5. The number of benzene rings is 11. The van der Waals surface area contributed by atoms with Gasteiger partial charge in [0.15, 0.2) is 33.6 Å². The molecule has 0 N–H and O–H groups in total. The summed E-state index contributed by atoms with van der Waals surface area (Å²) in [5.41, 5.74) is -8.70. The van der Waals surface area contributed by atoms with Crippen molar-refractivity contribution in [1.29, 1.82) is 0 Å². The molecule has 0 amide bonds. The molecule has 0 radical (unpaired) electrons. The number of para-hydroxylation sites is 6. The predicted molar refractivity (Wildman–Crippen MR) is 319 cm³/mol. The Labute approximate surface area is 504 Å². The molecule has 2 aliphatic heterocycles. The molecule has 2 aliphatic rings. The third kappa shape index (κ3) is 5.86. The number of rotatable bonds is 7. The number of fused-ring (bicyclic) bond motifs is 10. The Morgan fingerprint density at radius 3 is 1.08 bits per heavy atom. The lowest BCUT2D eigenvalue weighted by Crippen LogP contribution is -2.76. The minimum Gasteiger partial charge on any atom is -0.309 e. The molecular weight excluding hydrogens is 955 g/mol. The van der Waals surface area contributed by atoms with E-state index >= 15 is 0 Å². The molecule has 16 rings (SSSR count). The Hall–Kier alpha value is -9.54. The molecule has 2 atom stereocenters. The van der Waals surface area contributed by atoms with E-state index < -0.39 is 419 Å². The second-order valence-corrected chi connectivity index (χ2v) is 23.8. The zero-order chi connectivity index (χ0) is 89.1. The van der Waals surface area contributed by atoms with Gasteiger partial charge in [-0.15, -0.1) is 0 Å². The molecule has 2 unspecified atom stereocenters. The Morgan fingerprint density at radius 2 is 0.605 bits per heavy atom. The first-order chi connectivity index (χ1) is 56.4. The van der Waals surface area contributed by atoms with Gasteiger partial charge in [-0.3, -0.25) is 0 Å². The van der Waals surface area contributed by atoms with Crippen molar-refractivity contribution in [1.82, 2.24) is 24.1 Å². The average molecular weight is 1050 g/mol. The molecule has 0 bridgehead atoms. The Kier molecular flexibility index (Phi) is 3.86. The van der Waals surface area contributed by atoms with Crippen LogP contribution in [0.25, 0.3) is 89.2 Å². The molecule has 11 aromatic carbocycles. The van der Waals surface area contributed by atoms with Crippen molar-refractivity contribution in [3.63, 3.8) is 0 Å². The minimum atomic E-state index is -6.61. The van der Waals surface area contributed by atoms with Gasteiger partial charge in [0.05, 0.1) is 83.8 Å². The topological polar surface area (TPSA) is 48.5 Å². The quantitative estimate of drug-likeness (QED) is 0.150. The Morgan fingerprint density at radius 1 is 0.276 bits per heavy atom. The number of hydrogen-bond donors (Lipinski definition) is 0. The van der Waals surface area contributed by atoms with Gasteiger partial charge in [0.25, 0.3) is 0 Å². The summed E-state index contributed by atoms with van der Waals surface area (Å²) in [5, 5.41) is -11.8. The first-order valence-electron chi connectivity index (χ1n) is 44.9. The third-order valence-corrected chi connectivity index (χ3v) is 21.7. The summed E-state index contributed by atoms with van der Waals surface area (Å²) < 4.78 is 434. The lowest BCUT2D eigenvalue weighted by atomic mass is 10.1. The van der Waals surface area contributed by atoms with Gasteiger partial charge in [0, 0.05) is 49.6 Å². The van der Waals surface area contributed by atoms with Crippen molar-refractivity contribution in [2.45, 2.75) is 0 Å². The minimum absolute atomic E-state index is 0.678. The molecule has 0 saturated heterocycles. The van der Waals surface area contributed by atoms with Crippen molar-refractivity contribution in [3.8, 4) is 45.5 Å². The molecule has 0 fully saturated rings. The smallest absolute Gasteiger partial charge is 0.184 e. The lowest BCUT2D eigenvalue weighted by molar-refractivity contribution is 1.07. The summed E-state index contributed by atoms with van der Waals surface area (Å²) in [6, 6.07) is -55.3. The van der Waals surface area contributed by atoms with E-state index in [1.54, 1.807) is 0 Å². The van der Waals surface area contributed by atoms with Gasteiger partial charge in [-0.2, -0.15) is 0 Å². The fourth-order valence-corrected chi connectivity index (χ4v) is 18.7. The fraction of sp³-hybridized carbons (Fsp3) is 0. The van der Waals surface area contributed by atoms with Crippen molar-refractivity contribution in [2.75, 3.05) is 0 Å². The molecule has 7 heteroatoms. The van der Waals surface area contributed by atoms with Crippen LogP contribution in [-0.2, 0) is 0 Å². The van der Waals surface area contributed by atoms with Crippen LogP contribution >= 0.6 is 0 Å². The first-order valence-corrected chi connectivity index (χ1v) is 26.4. The monoisotopic (exact) mass is 1040 g/mol. The van der Waals surface area contributed by atoms with Gasteiger partial charge in [0.1, 0.15) is 0 Å². The van der Waals surface area contributed by atoms with E-state index in [0.29, 0.717) is 0 Å². The van der Waals surface area contributed by atoms with Crippen molar-refractivity contribution < 1.29 is 61.7 Å². The second kappa shape index (κ2) is 16.5. The maximum Gasteiger partial charge on any atom is 0.184 e. The fourth-order valence-electron chi connectivity index (χ4n) is 10.4. The van der Waals surface area contributed by atoms with Crippen LogP contribution in [-0.4, -0.2) is 40.2 Å². The summed E-state index contributed by atoms with van der Waals surface area (Å²) >= 11 is 0. The van der Waals surface area contributed by atoms with Gasteiger partial charge >= 0.3 is 0 Å². The van der Waals surface area contributed by atoms with Crippen LogP contribution in [0.4, 0.5) is 0 Å². The highest BCUT2D eigenvalue weighted by Crippen LogP contribution is 2.38. The van der Waals surface area contributed by atoms with E-state index in [1.807, 2.05) is 0 Å². The molecule has 0 spiro atoms. The largest absolute Gasteiger partial charge is 0.309 e. The van der Waals surface area contributed by atoms with E-state index in [0.717, 1.165) is 9.13 Å². The molecule has 354 valence electrons. The standard InChI is InChI=1S/C69H45N5Si2/c1-4-22-46(23-5-1)67-70-68(47-24-18-30-51(44-47)75(49-26-6-2-7-27-49)61-40-16-14-38-59(61)73-57-36-12-10-32-53(57)55-34-20-42-63(75)65(55)73)72-69(71-67)48-25-19-31-52(45-48)76(50-28-8-3-9-29-50)62-41-17-15-39-60(62)74-58-37-13-11-33-54(58)56-35-21-43-64(76)66(56)74/h1-45H/i1D,2D,3D,4D,5D,6D,7D,8D,9D,10D,11D,12D,13D,14D,15D,16D,17D,18D,19D,20D,21D,22D,23D,24D,25D,26D,27D,28D,29D,30D,31D,32D,33D,34D,35D,36D,37D,38D,39D,40D,41D,42D,43D,44D,45D. The molecule has 0 aliphatic carbocycles. The Balaban J connectivity index is 1.16. The zero-order valence-corrected chi connectivity index (χ0v) is 39.7. The summed E-state index contributed by atoms with van der Waals surface area (Å²) in [6.45, 7) is 0. The van der Waals surface area contributed by atoms with E-state index in [4.69, 9.17) is 12.3 Å². The third-order valence-electron chi connectivity index (χ3n) is 13.3. The van der Waals surface area contributed by atoms with Crippen molar-refractivity contribution in [3.05, 3.63) is 272 Å². The van der Waals surface area contributed by atoms with Crippen molar-refractivity contribution in [2.24, 2.45) is 0 Å². The van der Waals surface area contributed by atoms with E-state index in [1.165, 1.54) is 0 Å². The SMILES string of the molecule is [2H]c1c([2H])c([2H])c(-c2nc(-c3c([2H])c([2H])c([2H])c([Si]4(c5c([2H])c([2H])c([2H])c([2H])c5[2H])c5c([2H])c([2H])c([2H])c([2H])c5-n5c6c([2H])c([2H])c([2H])c([2H])c6c6c([2H])c([2H])c([2H])c4c65)c3[2H])nc(-c3c([2H])c([2H])c([2H])c([Si]4(c5c([2H])c([2H])c([2H])c([2H])c5[2H])c5c([2H])c([2H])c([2H])c([2H])c5-n5c6c([2H])c([2H])c([2H])c([2H])c6c6c([2H])c([2H])c([2H])c4c65)c3[2H])n2)c([2H])c1[2H]. The molecule has 0 saturated carbocycles. The maximum absolute atomic E-state index is 10.9. The van der Waals surface area contributed by atoms with Gasteiger partial charge < -0.3 is 9.13 Å². The van der Waals surface area contributed by atoms with Crippen LogP contribution in [0, 0.1) is 0 Å². The summed E-state index contributed by atoms with van der Waals surface area (Å²) in [6.07, 6.45) is 0. The summed E-state index contributed by atoms with van der Waals surface area (Å²) in [7, 11) is -13.2. The number of nitrogens with zero attached hydrogens (tertiary/aromatic N) is 5. The van der Waals surface area contributed by atoms with Gasteiger partial charge in [-0.25, -0.2) is 15.0 Å². The second-order valence-electron chi connectivity index (χ2n) is 16.8. The number of hydrogen-bond acceptors (Lipinski definition) is 3. The zero-order valence-electron chi connectivity index (χ0n) is 82.7. The van der Waals surface area contributed by atoms with Crippen LogP contribution in [0.3, 0.4) is 0 Å². The molecule has 14 aromatic rings. The van der Waals surface area contributed by atoms with E-state index in [2.05, 4.69) is 15.0 Å². The van der Waals surface area contributed by atoms with Crippen molar-refractivity contribution >= 4 is 101 Å². The highest BCUT2D eigenvalue weighted by atomic mass is 28.3. The lowest BCUT2D eigenvalue weighted by Gasteiger charge is -2.40. The molecule has 5 heterocycles. The van der Waals surface area contributed by atoms with Crippen LogP contribution in [0.1, 0.15) is 61.7 Å². The van der Waals surface area contributed by atoms with E-state index in [9.17, 15) is 49.3 Å². The molecular formula is C69H45N5Si2. The van der Waals surface area contributed by atoms with Crippen LogP contribution in [0.15, 0.2) is 272 Å². The van der Waals surface area contributed by atoms with Crippen LogP contribution in [0.2, 0.25) is 0 Å². The first kappa shape index (κ1) is 17.8. The van der Waals surface area contributed by atoms with Crippen LogP contribution < -0.4 is 41.5 Å². The molecule has 3 aromatic heterocycles. The van der Waals surface area contributed by atoms with Gasteiger partial charge in [-0.05, 0) is 65.7 Å². The Bertz CT molecular complexity index is 6950. The predicted octanol–water partition coefficient (Wildman–Crippen LogP) is 10.4. The highest BCUT2D eigenvalue weighted by Gasteiger charge is 2.49. The normalized spacial score (nSPS) is 24.6. The van der Waals surface area contributed by atoms with Crippen LogP contribution in [0.5, 0.6) is 0 Å². The molecule has 76 heavy (non-hydrogen) atoms. The maximum atomic E-state index is 10.9. The molecule has 5 nitrogen and oxygen atoms in total. The summed E-state index contributed by atoms with van der Waals surface area (Å²) in [4.78, 5) is 13.5. The van der Waals surface area contributed by atoms with Gasteiger partial charge in [0.2, 0.25) is 0 Å². The van der Waals surface area contributed by atoms with Gasteiger partial charge in [-0.1, -0.05) is 248 Å². The van der Waals surface area contributed by atoms with E-state index in [-0.39, 0.29) is 0 Å². The highest BCUT2D eigenvalue weighted by molar-refractivity contribution is 7.22. The summed E-state index contributed by atoms with van der Waals surface area (Å²) in [5.74, 6) is -4.03.